The van der Waals surface area contributed by atoms with E-state index in [9.17, 15) is 5.26 Å². The van der Waals surface area contributed by atoms with Gasteiger partial charge >= 0.3 is 0 Å². The molecule has 3 nitrogen and oxygen atoms in total. The maximum absolute atomic E-state index is 9.35. The molecule has 3 heteroatoms. The number of nitriles is 1. The number of nitrogens with zero attached hydrogens (tertiary/aromatic N) is 2. The Morgan fingerprint density at radius 3 is 2.76 bits per heavy atom. The molecule has 4 unspecified atom stereocenters. The van der Waals surface area contributed by atoms with E-state index < -0.39 is 0 Å². The summed E-state index contributed by atoms with van der Waals surface area (Å²) >= 11 is 0. The van der Waals surface area contributed by atoms with E-state index in [2.05, 4.69) is 37.2 Å². The van der Waals surface area contributed by atoms with E-state index in [-0.39, 0.29) is 5.54 Å². The molecule has 0 aromatic carbocycles. The fourth-order valence-corrected chi connectivity index (χ4v) is 3.21. The molecule has 2 aliphatic carbocycles. The summed E-state index contributed by atoms with van der Waals surface area (Å²) in [6.45, 7) is 6.54. The molecule has 0 aromatic heterocycles. The smallest absolute Gasteiger partial charge is 0.108 e. The first-order valence-corrected chi connectivity index (χ1v) is 6.96. The van der Waals surface area contributed by atoms with Gasteiger partial charge in [0.2, 0.25) is 0 Å². The Labute approximate surface area is 105 Å². The number of hydrogen-bond acceptors (Lipinski definition) is 3. The molecule has 0 aromatic rings. The van der Waals surface area contributed by atoms with Crippen molar-refractivity contribution in [1.29, 1.82) is 5.26 Å². The first kappa shape index (κ1) is 12.9. The molecule has 0 bridgehead atoms. The minimum absolute atomic E-state index is 0.247. The molecular weight excluding hydrogens is 210 g/mol. The van der Waals surface area contributed by atoms with E-state index in [1.807, 2.05) is 0 Å². The zero-order chi connectivity index (χ0) is 12.5. The summed E-state index contributed by atoms with van der Waals surface area (Å²) in [7, 11) is 2.23. The molecule has 0 saturated heterocycles. The fraction of sp³-hybridized carbons (Fsp3) is 0.929. The molecule has 2 fully saturated rings. The average molecular weight is 235 g/mol. The van der Waals surface area contributed by atoms with Gasteiger partial charge in [0, 0.05) is 12.6 Å². The Morgan fingerprint density at radius 1 is 1.53 bits per heavy atom. The molecule has 0 aliphatic heterocycles. The molecule has 96 valence electrons. The molecule has 2 rings (SSSR count). The van der Waals surface area contributed by atoms with Crippen LogP contribution >= 0.6 is 0 Å². The van der Waals surface area contributed by atoms with Gasteiger partial charge in [0.25, 0.3) is 0 Å². The zero-order valence-electron chi connectivity index (χ0n) is 11.4. The summed E-state index contributed by atoms with van der Waals surface area (Å²) in [6, 6.07) is 3.10. The Kier molecular flexibility index (Phi) is 3.75. The monoisotopic (exact) mass is 235 g/mol. The predicted octanol–water partition coefficient (Wildman–Crippen LogP) is 2.00. The molecule has 0 spiro atoms. The number of nitrogens with one attached hydrogen (secondary N) is 1. The van der Waals surface area contributed by atoms with E-state index in [4.69, 9.17) is 0 Å². The topological polar surface area (TPSA) is 39.1 Å². The largest absolute Gasteiger partial charge is 0.303 e. The van der Waals surface area contributed by atoms with Crippen LogP contribution in [0.1, 0.15) is 39.5 Å². The van der Waals surface area contributed by atoms with Crippen LogP contribution in [0.2, 0.25) is 0 Å². The van der Waals surface area contributed by atoms with Gasteiger partial charge in [-0.15, -0.1) is 0 Å². The number of hydrogen-bond donors (Lipinski definition) is 1. The van der Waals surface area contributed by atoms with Crippen molar-refractivity contribution in [3.63, 3.8) is 0 Å². The Balaban J connectivity index is 1.85. The second-order valence-corrected chi connectivity index (χ2v) is 6.03. The van der Waals surface area contributed by atoms with Gasteiger partial charge in [-0.05, 0) is 51.1 Å². The van der Waals surface area contributed by atoms with Crippen LogP contribution in [0.3, 0.4) is 0 Å². The van der Waals surface area contributed by atoms with Crippen LogP contribution in [-0.2, 0) is 0 Å². The van der Waals surface area contributed by atoms with E-state index in [1.54, 1.807) is 0 Å². The lowest BCUT2D eigenvalue weighted by Gasteiger charge is -2.27. The second-order valence-electron chi connectivity index (χ2n) is 6.03. The minimum Gasteiger partial charge on any atom is -0.303 e. The third kappa shape index (κ3) is 2.81. The van der Waals surface area contributed by atoms with Gasteiger partial charge in [-0.25, -0.2) is 0 Å². The maximum atomic E-state index is 9.35. The molecule has 4 atom stereocenters. The van der Waals surface area contributed by atoms with Crippen LogP contribution in [0.4, 0.5) is 0 Å². The first-order valence-electron chi connectivity index (χ1n) is 6.96. The highest BCUT2D eigenvalue weighted by Crippen LogP contribution is 2.40. The van der Waals surface area contributed by atoms with Gasteiger partial charge in [-0.1, -0.05) is 13.8 Å². The maximum Gasteiger partial charge on any atom is 0.108 e. The lowest BCUT2D eigenvalue weighted by Crippen LogP contribution is -2.43. The van der Waals surface area contributed by atoms with Crippen LogP contribution in [0.5, 0.6) is 0 Å². The van der Waals surface area contributed by atoms with Gasteiger partial charge < -0.3 is 4.90 Å². The van der Waals surface area contributed by atoms with E-state index >= 15 is 0 Å². The minimum atomic E-state index is -0.247. The zero-order valence-corrected chi connectivity index (χ0v) is 11.4. The molecular formula is C14H25N3. The standard InChI is InChI=1S/C14H25N3/c1-4-16-14(10-15)6-5-13(8-14)17(3)9-12-7-11(12)2/h11-13,16H,4-9H2,1-3H3. The van der Waals surface area contributed by atoms with Gasteiger partial charge in [0.1, 0.15) is 5.54 Å². The Morgan fingerprint density at radius 2 is 2.24 bits per heavy atom. The Bertz CT molecular complexity index is 309. The van der Waals surface area contributed by atoms with Crippen molar-refractivity contribution in [3.8, 4) is 6.07 Å². The predicted molar refractivity (Wildman–Crippen MR) is 69.6 cm³/mol. The van der Waals surface area contributed by atoms with E-state index in [1.165, 1.54) is 13.0 Å². The van der Waals surface area contributed by atoms with Crippen molar-refractivity contribution < 1.29 is 0 Å². The highest BCUT2D eigenvalue weighted by Gasteiger charge is 2.42. The van der Waals surface area contributed by atoms with E-state index in [0.717, 1.165) is 37.6 Å². The van der Waals surface area contributed by atoms with Crippen molar-refractivity contribution >= 4 is 0 Å². The Hall–Kier alpha value is -0.590. The summed E-state index contributed by atoms with van der Waals surface area (Å²) in [4.78, 5) is 2.49. The van der Waals surface area contributed by atoms with Crippen LogP contribution in [-0.4, -0.2) is 36.6 Å². The highest BCUT2D eigenvalue weighted by atomic mass is 15.2. The van der Waals surface area contributed by atoms with Gasteiger partial charge in [-0.3, -0.25) is 5.32 Å². The van der Waals surface area contributed by atoms with Crippen LogP contribution in [0.15, 0.2) is 0 Å². The summed E-state index contributed by atoms with van der Waals surface area (Å²) in [6.07, 6.45) is 4.56. The lowest BCUT2D eigenvalue weighted by molar-refractivity contribution is 0.224. The van der Waals surface area contributed by atoms with Crippen LogP contribution < -0.4 is 5.32 Å². The molecule has 2 aliphatic rings. The third-order valence-electron chi connectivity index (χ3n) is 4.64. The summed E-state index contributed by atoms with van der Waals surface area (Å²) in [5, 5.41) is 12.7. The molecule has 2 saturated carbocycles. The SMILES string of the molecule is CCNC1(C#N)CCC(N(C)CC2CC2C)C1. The summed E-state index contributed by atoms with van der Waals surface area (Å²) in [5.74, 6) is 1.84. The van der Waals surface area contributed by atoms with Crippen molar-refractivity contribution in [3.05, 3.63) is 0 Å². The molecule has 17 heavy (non-hydrogen) atoms. The van der Waals surface area contributed by atoms with Crippen LogP contribution in [0, 0.1) is 23.2 Å². The van der Waals surface area contributed by atoms with Gasteiger partial charge in [0.05, 0.1) is 6.07 Å². The first-order chi connectivity index (χ1) is 8.10. The molecule has 0 heterocycles. The quantitative estimate of drug-likeness (QED) is 0.792. The van der Waals surface area contributed by atoms with Crippen molar-refractivity contribution in [2.75, 3.05) is 20.1 Å². The summed E-state index contributed by atoms with van der Waals surface area (Å²) < 4.78 is 0. The second kappa shape index (κ2) is 4.96. The summed E-state index contributed by atoms with van der Waals surface area (Å²) in [5.41, 5.74) is -0.247. The van der Waals surface area contributed by atoms with Gasteiger partial charge in [-0.2, -0.15) is 5.26 Å². The molecule has 1 N–H and O–H groups in total. The molecule has 0 amide bonds. The average Bonchev–Trinajstić information content (AvgIpc) is 2.83. The molecule has 0 radical (unpaired) electrons. The van der Waals surface area contributed by atoms with E-state index in [0.29, 0.717) is 6.04 Å². The number of rotatable bonds is 5. The highest BCUT2D eigenvalue weighted by molar-refractivity contribution is 5.13. The van der Waals surface area contributed by atoms with Crippen LogP contribution in [0.25, 0.3) is 0 Å². The van der Waals surface area contributed by atoms with Gasteiger partial charge in [0.15, 0.2) is 0 Å². The normalized spacial score (nSPS) is 40.5. The fourth-order valence-electron chi connectivity index (χ4n) is 3.21. The van der Waals surface area contributed by atoms with Crippen molar-refractivity contribution in [2.45, 2.75) is 51.1 Å². The van der Waals surface area contributed by atoms with Crippen molar-refractivity contribution in [2.24, 2.45) is 11.8 Å². The third-order valence-corrected chi connectivity index (χ3v) is 4.64. The lowest BCUT2D eigenvalue weighted by atomic mass is 9.99. The van der Waals surface area contributed by atoms with Crippen molar-refractivity contribution in [1.82, 2.24) is 10.2 Å².